The summed E-state index contributed by atoms with van der Waals surface area (Å²) in [5.74, 6) is -0.443. The molecule has 0 spiro atoms. The number of nitrogens with zero attached hydrogens (tertiary/aromatic N) is 4. The van der Waals surface area contributed by atoms with Gasteiger partial charge in [0, 0.05) is 65.3 Å². The highest BCUT2D eigenvalue weighted by Crippen LogP contribution is 2.38. The van der Waals surface area contributed by atoms with Crippen molar-refractivity contribution in [3.05, 3.63) is 41.2 Å². The SMILES string of the molecule is CCCNC(=O)Nc1cc(-c2nc(C)cs2)c(-c2cc(C(=O)O)cnc2OCCN(C(C)C)C(C)C)cn1. The number of carbonyl (C=O) groups is 2. The average molecular weight is 541 g/mol. The van der Waals surface area contributed by atoms with Crippen LogP contribution in [0.3, 0.4) is 0 Å². The third kappa shape index (κ3) is 7.48. The Bertz CT molecular complexity index is 1250. The van der Waals surface area contributed by atoms with Gasteiger partial charge in [0.05, 0.1) is 5.56 Å². The summed E-state index contributed by atoms with van der Waals surface area (Å²) in [5, 5.41) is 17.8. The van der Waals surface area contributed by atoms with Gasteiger partial charge < -0.3 is 15.2 Å². The Kier molecular flexibility index (Phi) is 10.1. The van der Waals surface area contributed by atoms with Crippen LogP contribution >= 0.6 is 11.3 Å². The first kappa shape index (κ1) is 29.0. The highest BCUT2D eigenvalue weighted by molar-refractivity contribution is 7.13. The molecule has 0 aliphatic carbocycles. The van der Waals surface area contributed by atoms with Crippen LogP contribution in [0, 0.1) is 6.92 Å². The van der Waals surface area contributed by atoms with Gasteiger partial charge in [-0.2, -0.15) is 0 Å². The molecule has 3 aromatic rings. The molecule has 0 fully saturated rings. The predicted octanol–water partition coefficient (Wildman–Crippen LogP) is 5.30. The molecule has 0 radical (unpaired) electrons. The second-order valence-corrected chi connectivity index (χ2v) is 10.3. The first-order chi connectivity index (χ1) is 18.1. The number of aromatic carboxylic acids is 1. The fraction of sp³-hybridized carbons (Fsp3) is 0.444. The highest BCUT2D eigenvalue weighted by Gasteiger charge is 2.21. The number of carboxylic acids is 1. The lowest BCUT2D eigenvalue weighted by Crippen LogP contribution is -2.39. The van der Waals surface area contributed by atoms with Crippen molar-refractivity contribution in [2.75, 3.05) is 25.0 Å². The van der Waals surface area contributed by atoms with Gasteiger partial charge >= 0.3 is 12.0 Å². The number of aromatic nitrogens is 3. The van der Waals surface area contributed by atoms with Gasteiger partial charge in [-0.15, -0.1) is 11.3 Å². The first-order valence-corrected chi connectivity index (χ1v) is 13.6. The van der Waals surface area contributed by atoms with E-state index in [1.807, 2.05) is 19.2 Å². The van der Waals surface area contributed by atoms with Crippen LogP contribution in [-0.2, 0) is 0 Å². The van der Waals surface area contributed by atoms with E-state index in [0.717, 1.165) is 12.1 Å². The summed E-state index contributed by atoms with van der Waals surface area (Å²) in [5.41, 5.74) is 2.65. The Morgan fingerprint density at radius 2 is 1.82 bits per heavy atom. The van der Waals surface area contributed by atoms with E-state index < -0.39 is 5.97 Å². The van der Waals surface area contributed by atoms with Gasteiger partial charge in [-0.05, 0) is 53.2 Å². The van der Waals surface area contributed by atoms with Crippen molar-refractivity contribution in [1.82, 2.24) is 25.2 Å². The van der Waals surface area contributed by atoms with Crippen molar-refractivity contribution in [2.24, 2.45) is 0 Å². The second-order valence-electron chi connectivity index (χ2n) is 9.45. The zero-order valence-electron chi connectivity index (χ0n) is 22.7. The molecule has 0 bridgehead atoms. The number of thiazole rings is 1. The number of carboxylic acid groups (broad SMARTS) is 1. The lowest BCUT2D eigenvalue weighted by molar-refractivity contribution is 0.0696. The van der Waals surface area contributed by atoms with Crippen LogP contribution in [0.25, 0.3) is 21.7 Å². The number of hydrogen-bond donors (Lipinski definition) is 3. The Morgan fingerprint density at radius 3 is 2.42 bits per heavy atom. The standard InChI is InChI=1S/C27H36N6O4S/c1-7-8-28-27(36)32-23-12-21(25-31-18(6)15-38-25)22(14-29-23)20-11-19(26(34)35)13-30-24(20)37-10-9-33(16(2)3)17(4)5/h11-17H,7-10H2,1-6H3,(H,34,35)(H2,28,29,32,36). The van der Waals surface area contributed by atoms with E-state index in [1.54, 1.807) is 12.3 Å². The van der Waals surface area contributed by atoms with E-state index in [0.29, 0.717) is 65.2 Å². The molecule has 204 valence electrons. The van der Waals surface area contributed by atoms with Gasteiger partial charge in [0.2, 0.25) is 5.88 Å². The molecule has 3 rings (SSSR count). The number of ether oxygens (including phenoxy) is 1. The number of amides is 2. The minimum atomic E-state index is -1.10. The molecular weight excluding hydrogens is 504 g/mol. The first-order valence-electron chi connectivity index (χ1n) is 12.7. The van der Waals surface area contributed by atoms with Crippen LogP contribution in [0.5, 0.6) is 5.88 Å². The molecule has 3 aromatic heterocycles. The number of rotatable bonds is 12. The minimum Gasteiger partial charge on any atom is -0.478 e. The van der Waals surface area contributed by atoms with Crippen molar-refractivity contribution in [3.8, 4) is 27.6 Å². The largest absolute Gasteiger partial charge is 0.478 e. The van der Waals surface area contributed by atoms with Gasteiger partial charge in [-0.25, -0.2) is 24.5 Å². The predicted molar refractivity (Wildman–Crippen MR) is 150 cm³/mol. The third-order valence-electron chi connectivity index (χ3n) is 5.83. The lowest BCUT2D eigenvalue weighted by Gasteiger charge is -2.30. The monoisotopic (exact) mass is 540 g/mol. The number of nitrogens with one attached hydrogen (secondary N) is 2. The van der Waals surface area contributed by atoms with E-state index in [-0.39, 0.29) is 11.6 Å². The van der Waals surface area contributed by atoms with E-state index in [4.69, 9.17) is 4.74 Å². The lowest BCUT2D eigenvalue weighted by atomic mass is 10.0. The van der Waals surface area contributed by atoms with Crippen LogP contribution in [0.15, 0.2) is 29.9 Å². The molecule has 3 N–H and O–H groups in total. The zero-order valence-corrected chi connectivity index (χ0v) is 23.6. The van der Waals surface area contributed by atoms with Crippen molar-refractivity contribution >= 4 is 29.2 Å². The summed E-state index contributed by atoms with van der Waals surface area (Å²) >= 11 is 1.45. The van der Waals surface area contributed by atoms with Crippen LogP contribution < -0.4 is 15.4 Å². The Balaban J connectivity index is 2.04. The minimum absolute atomic E-state index is 0.0285. The Hall–Kier alpha value is -3.57. The molecule has 0 aliphatic heterocycles. The summed E-state index contributed by atoms with van der Waals surface area (Å²) < 4.78 is 6.12. The second kappa shape index (κ2) is 13.3. The normalized spacial score (nSPS) is 11.3. The number of hydrogen-bond acceptors (Lipinski definition) is 8. The molecule has 0 saturated heterocycles. The maximum atomic E-state index is 12.2. The Morgan fingerprint density at radius 1 is 1.08 bits per heavy atom. The smallest absolute Gasteiger partial charge is 0.337 e. The summed E-state index contributed by atoms with van der Waals surface area (Å²) in [6.45, 7) is 14.0. The summed E-state index contributed by atoms with van der Waals surface area (Å²) in [6, 6.07) is 3.61. The number of aryl methyl sites for hydroxylation is 1. The van der Waals surface area contributed by atoms with E-state index in [2.05, 4.69) is 58.2 Å². The van der Waals surface area contributed by atoms with Gasteiger partial charge in [0.15, 0.2) is 0 Å². The molecule has 0 aliphatic rings. The number of pyridine rings is 2. The van der Waals surface area contributed by atoms with Crippen LogP contribution in [0.1, 0.15) is 57.1 Å². The fourth-order valence-electron chi connectivity index (χ4n) is 4.03. The molecular formula is C27H36N6O4S. The van der Waals surface area contributed by atoms with Crippen molar-refractivity contribution in [1.29, 1.82) is 0 Å². The molecule has 0 saturated carbocycles. The molecule has 2 amide bonds. The molecule has 11 heteroatoms. The van der Waals surface area contributed by atoms with Crippen molar-refractivity contribution in [2.45, 2.75) is 60.0 Å². The summed E-state index contributed by atoms with van der Waals surface area (Å²) in [4.78, 5) is 39.8. The van der Waals surface area contributed by atoms with Crippen LogP contribution in [0.4, 0.5) is 10.6 Å². The van der Waals surface area contributed by atoms with Crippen molar-refractivity contribution in [3.63, 3.8) is 0 Å². The van der Waals surface area contributed by atoms with E-state index >= 15 is 0 Å². The van der Waals surface area contributed by atoms with Crippen LogP contribution in [0.2, 0.25) is 0 Å². The van der Waals surface area contributed by atoms with Crippen molar-refractivity contribution < 1.29 is 19.4 Å². The van der Waals surface area contributed by atoms with Gasteiger partial charge in [-0.1, -0.05) is 6.92 Å². The Labute approximate surface area is 227 Å². The molecule has 38 heavy (non-hydrogen) atoms. The molecule has 0 aromatic carbocycles. The fourth-order valence-corrected chi connectivity index (χ4v) is 4.86. The van der Waals surface area contributed by atoms with Gasteiger partial charge in [-0.3, -0.25) is 10.2 Å². The molecule has 0 unspecified atom stereocenters. The number of urea groups is 1. The van der Waals surface area contributed by atoms with E-state index in [9.17, 15) is 14.7 Å². The molecule has 3 heterocycles. The maximum absolute atomic E-state index is 12.2. The van der Waals surface area contributed by atoms with Crippen LogP contribution in [-0.4, -0.2) is 68.7 Å². The molecule has 0 atom stereocenters. The molecule has 10 nitrogen and oxygen atoms in total. The number of anilines is 1. The topological polar surface area (TPSA) is 130 Å². The number of carbonyl (C=O) groups excluding carboxylic acids is 1. The average Bonchev–Trinajstić information content (AvgIpc) is 3.31. The quantitative estimate of drug-likeness (QED) is 0.282. The maximum Gasteiger partial charge on any atom is 0.337 e. The van der Waals surface area contributed by atoms with E-state index in [1.165, 1.54) is 23.6 Å². The van der Waals surface area contributed by atoms with Gasteiger partial charge in [0.25, 0.3) is 0 Å². The zero-order chi connectivity index (χ0) is 27.8. The summed E-state index contributed by atoms with van der Waals surface area (Å²) in [7, 11) is 0. The third-order valence-corrected chi connectivity index (χ3v) is 6.83. The highest BCUT2D eigenvalue weighted by atomic mass is 32.1. The summed E-state index contributed by atoms with van der Waals surface area (Å²) in [6.07, 6.45) is 3.69. The van der Waals surface area contributed by atoms with Gasteiger partial charge in [0.1, 0.15) is 17.4 Å².